The fourth-order valence-electron chi connectivity index (χ4n) is 0.865. The van der Waals surface area contributed by atoms with Crippen molar-refractivity contribution in [1.82, 2.24) is 0 Å². The second-order valence-electron chi connectivity index (χ2n) is 2.91. The molecule has 0 fully saturated rings. The van der Waals surface area contributed by atoms with E-state index < -0.39 is 0 Å². The normalized spacial score (nSPS) is 9.92. The first-order chi connectivity index (χ1) is 5.02. The van der Waals surface area contributed by atoms with Crippen LogP contribution in [0.15, 0.2) is 12.7 Å². The number of nitrogens with zero attached hydrogens (tertiary/aromatic N) is 1. The fourth-order valence-corrected chi connectivity index (χ4v) is 0.865. The van der Waals surface area contributed by atoms with Crippen LogP contribution in [0.1, 0.15) is 13.3 Å². The molecule has 0 rings (SSSR count). The van der Waals surface area contributed by atoms with Crippen LogP contribution in [-0.2, 0) is 9.63 Å². The molecule has 0 amide bonds. The highest BCUT2D eigenvalue weighted by Crippen LogP contribution is 2.00. The maximum absolute atomic E-state index is 10.7. The maximum atomic E-state index is 10.7. The van der Waals surface area contributed by atoms with E-state index in [1.807, 2.05) is 21.0 Å². The Labute approximate surface area is 90.9 Å². The van der Waals surface area contributed by atoms with Crippen LogP contribution in [-0.4, -0.2) is 31.3 Å². The predicted molar refractivity (Wildman–Crippen MR) is 43.6 cm³/mol. The highest BCUT2D eigenvalue weighted by molar-refractivity contribution is 5.80. The topological polar surface area (TPSA) is 26.3 Å². The Bertz CT molecular complexity index is 157. The van der Waals surface area contributed by atoms with Gasteiger partial charge >= 0.3 is 5.97 Å². The van der Waals surface area contributed by atoms with Crippen molar-refractivity contribution < 1.29 is 38.3 Å². The molecule has 0 heterocycles. The van der Waals surface area contributed by atoms with Gasteiger partial charge < -0.3 is 24.0 Å². The fraction of sp³-hybridized carbons (Fsp3) is 0.625. The molecule has 0 aromatic rings. The van der Waals surface area contributed by atoms with Gasteiger partial charge in [0.2, 0.25) is 0 Å². The van der Waals surface area contributed by atoms with Crippen molar-refractivity contribution in [3.8, 4) is 0 Å². The van der Waals surface area contributed by atoms with Crippen molar-refractivity contribution in [3.63, 3.8) is 0 Å². The van der Waals surface area contributed by atoms with Crippen LogP contribution in [0.25, 0.3) is 0 Å². The van der Waals surface area contributed by atoms with Crippen molar-refractivity contribution in [3.05, 3.63) is 12.7 Å². The molecule has 0 atom stereocenters. The van der Waals surface area contributed by atoms with Crippen molar-refractivity contribution in [1.29, 1.82) is 0 Å². The molecule has 0 unspecified atom stereocenters. The molecule has 0 aliphatic carbocycles. The average Bonchev–Trinajstić information content (AvgIpc) is 1.86. The molecule has 0 aliphatic heterocycles. The molecular formula is C8H16INO2. The molecule has 12 heavy (non-hydrogen) atoms. The molecule has 0 saturated carbocycles. The Morgan fingerprint density at radius 3 is 2.42 bits per heavy atom. The smallest absolute Gasteiger partial charge is 0.389 e. The summed E-state index contributed by atoms with van der Waals surface area (Å²) in [6.45, 7) is 6.18. The number of hydroxylamine groups is 3. The summed E-state index contributed by atoms with van der Waals surface area (Å²) in [5, 5.41) is 0. The van der Waals surface area contributed by atoms with Crippen LogP contribution in [0, 0.1) is 0 Å². The van der Waals surface area contributed by atoms with Crippen LogP contribution in [0.3, 0.4) is 0 Å². The van der Waals surface area contributed by atoms with E-state index >= 15 is 0 Å². The summed E-state index contributed by atoms with van der Waals surface area (Å²) in [5.41, 5.74) is 0. The highest BCUT2D eigenvalue weighted by atomic mass is 127. The number of halogens is 1. The zero-order valence-electron chi connectivity index (χ0n) is 7.84. The van der Waals surface area contributed by atoms with Gasteiger partial charge in [-0.05, 0) is 6.42 Å². The van der Waals surface area contributed by atoms with E-state index in [0.29, 0.717) is 0 Å². The second-order valence-corrected chi connectivity index (χ2v) is 2.91. The van der Waals surface area contributed by atoms with Gasteiger partial charge in [0.25, 0.3) is 0 Å². The Morgan fingerprint density at radius 2 is 2.08 bits per heavy atom. The van der Waals surface area contributed by atoms with Gasteiger partial charge in [0.1, 0.15) is 20.6 Å². The standard InChI is InChI=1S/C8H16NO2.HI/c1-5-7-9(3,4)11-8(10)6-2;/h6H,2,5,7H2,1,3-4H3;1H/q+1;/p-1. The van der Waals surface area contributed by atoms with Gasteiger partial charge in [-0.15, -0.1) is 4.65 Å². The molecule has 0 radical (unpaired) electrons. The van der Waals surface area contributed by atoms with Crippen molar-refractivity contribution in [2.75, 3.05) is 20.6 Å². The van der Waals surface area contributed by atoms with Crippen molar-refractivity contribution in [2.45, 2.75) is 13.3 Å². The minimum atomic E-state index is -0.372. The molecule has 3 nitrogen and oxygen atoms in total. The van der Waals surface area contributed by atoms with Crippen molar-refractivity contribution >= 4 is 5.97 Å². The zero-order valence-corrected chi connectivity index (χ0v) is 10.00. The minimum Gasteiger partial charge on any atom is -1.00 e. The number of rotatable bonds is 4. The predicted octanol–water partition coefficient (Wildman–Crippen LogP) is -1.88. The van der Waals surface area contributed by atoms with Crippen LogP contribution in [0.5, 0.6) is 0 Å². The summed E-state index contributed by atoms with van der Waals surface area (Å²) in [7, 11) is 3.68. The van der Waals surface area contributed by atoms with Crippen LogP contribution in [0.4, 0.5) is 0 Å². The van der Waals surface area contributed by atoms with Gasteiger partial charge in [-0.1, -0.05) is 13.5 Å². The lowest BCUT2D eigenvalue weighted by atomic mass is 10.4. The first-order valence-corrected chi connectivity index (χ1v) is 3.71. The molecule has 0 aromatic heterocycles. The van der Waals surface area contributed by atoms with Gasteiger partial charge in [-0.25, -0.2) is 4.79 Å². The lowest BCUT2D eigenvalue weighted by molar-refractivity contribution is -1.06. The van der Waals surface area contributed by atoms with Gasteiger partial charge in [0, 0.05) is 6.08 Å². The zero-order chi connectivity index (χ0) is 8.91. The third kappa shape index (κ3) is 6.60. The van der Waals surface area contributed by atoms with E-state index in [2.05, 4.69) is 6.58 Å². The molecule has 0 aliphatic rings. The lowest BCUT2D eigenvalue weighted by Crippen LogP contribution is -3.00. The van der Waals surface area contributed by atoms with E-state index in [4.69, 9.17) is 4.84 Å². The van der Waals surface area contributed by atoms with E-state index in [1.165, 1.54) is 6.08 Å². The van der Waals surface area contributed by atoms with Crippen molar-refractivity contribution in [2.24, 2.45) is 0 Å². The quantitative estimate of drug-likeness (QED) is 0.262. The molecule has 0 spiro atoms. The van der Waals surface area contributed by atoms with Gasteiger partial charge in [-0.2, -0.15) is 0 Å². The minimum absolute atomic E-state index is 0. The van der Waals surface area contributed by atoms with E-state index in [0.717, 1.165) is 13.0 Å². The molecule has 0 aromatic carbocycles. The maximum Gasteiger partial charge on any atom is 0.389 e. The number of quaternary nitrogens is 1. The summed E-state index contributed by atoms with van der Waals surface area (Å²) in [5.74, 6) is -0.372. The monoisotopic (exact) mass is 285 g/mol. The Kier molecular flexibility index (Phi) is 7.72. The van der Waals surface area contributed by atoms with Crippen LogP contribution >= 0.6 is 0 Å². The number of carbonyl (C=O) groups excluding carboxylic acids is 1. The largest absolute Gasteiger partial charge is 1.00 e. The molecule has 0 N–H and O–H groups in total. The summed E-state index contributed by atoms with van der Waals surface area (Å²) in [6.07, 6.45) is 2.16. The second kappa shape index (κ2) is 6.42. The number of hydrogen-bond donors (Lipinski definition) is 0. The molecule has 0 saturated heterocycles. The third-order valence-corrected chi connectivity index (χ3v) is 1.27. The third-order valence-electron chi connectivity index (χ3n) is 1.27. The molecule has 72 valence electrons. The molecule has 0 bridgehead atoms. The first-order valence-electron chi connectivity index (χ1n) is 3.71. The number of carbonyl (C=O) groups is 1. The summed E-state index contributed by atoms with van der Waals surface area (Å²) >= 11 is 0. The lowest BCUT2D eigenvalue weighted by Gasteiger charge is -2.24. The summed E-state index contributed by atoms with van der Waals surface area (Å²) < 4.78 is 0.265. The summed E-state index contributed by atoms with van der Waals surface area (Å²) in [6, 6.07) is 0. The van der Waals surface area contributed by atoms with E-state index in [1.54, 1.807) is 0 Å². The van der Waals surface area contributed by atoms with E-state index in [9.17, 15) is 4.79 Å². The summed E-state index contributed by atoms with van der Waals surface area (Å²) in [4.78, 5) is 15.8. The number of hydrogen-bond acceptors (Lipinski definition) is 2. The van der Waals surface area contributed by atoms with Crippen LogP contribution in [0.2, 0.25) is 0 Å². The Morgan fingerprint density at radius 1 is 1.58 bits per heavy atom. The SMILES string of the molecule is C=CC(=O)O[N+](C)(C)CCC.[I-]. The van der Waals surface area contributed by atoms with E-state index in [-0.39, 0.29) is 34.6 Å². The highest BCUT2D eigenvalue weighted by Gasteiger charge is 2.18. The van der Waals surface area contributed by atoms with Crippen LogP contribution < -0.4 is 24.0 Å². The average molecular weight is 285 g/mol. The van der Waals surface area contributed by atoms with Gasteiger partial charge in [0.15, 0.2) is 0 Å². The Hall–Kier alpha value is -0.100. The Balaban J connectivity index is 0. The molecule has 4 heteroatoms. The first kappa shape index (κ1) is 14.4. The van der Waals surface area contributed by atoms with Gasteiger partial charge in [0.05, 0.1) is 0 Å². The molecular weight excluding hydrogens is 269 g/mol. The van der Waals surface area contributed by atoms with Gasteiger partial charge in [-0.3, -0.25) is 4.84 Å².